The van der Waals surface area contributed by atoms with Crippen LogP contribution in [-0.4, -0.2) is 13.1 Å². The van der Waals surface area contributed by atoms with Gasteiger partial charge in [-0.25, -0.2) is 4.79 Å². The van der Waals surface area contributed by atoms with Crippen LogP contribution in [0.4, 0.5) is 0 Å². The average Bonchev–Trinajstić information content (AvgIpc) is 3.27. The predicted molar refractivity (Wildman–Crippen MR) is 125 cm³/mol. The van der Waals surface area contributed by atoms with Crippen molar-refractivity contribution in [3.63, 3.8) is 0 Å². The number of fused-ring (bicyclic) bond motifs is 3. The molecule has 32 heavy (non-hydrogen) atoms. The van der Waals surface area contributed by atoms with Crippen molar-refractivity contribution in [3.05, 3.63) is 125 Å². The summed E-state index contributed by atoms with van der Waals surface area (Å²) in [6.45, 7) is 0. The summed E-state index contributed by atoms with van der Waals surface area (Å²) in [6.07, 6.45) is 14.1. The van der Waals surface area contributed by atoms with Crippen LogP contribution in [0.1, 0.15) is 11.1 Å². The minimum atomic E-state index is -1.33. The summed E-state index contributed by atoms with van der Waals surface area (Å²) >= 11 is 0. The normalized spacial score (nSPS) is 27.2. The van der Waals surface area contributed by atoms with Gasteiger partial charge < -0.3 is 4.74 Å². The van der Waals surface area contributed by atoms with Gasteiger partial charge in [-0.05, 0) is 27.8 Å². The summed E-state index contributed by atoms with van der Waals surface area (Å²) in [7, 11) is 1.36. The maximum Gasteiger partial charge on any atom is 0.331 e. The predicted octanol–water partition coefficient (Wildman–Crippen LogP) is 5.66. The van der Waals surface area contributed by atoms with Gasteiger partial charge in [-0.15, -0.1) is 0 Å². The van der Waals surface area contributed by atoms with Crippen molar-refractivity contribution >= 4 is 11.5 Å². The van der Waals surface area contributed by atoms with Gasteiger partial charge in [0.2, 0.25) is 0 Å². The lowest BCUT2D eigenvalue weighted by Crippen LogP contribution is -2.36. The Hall–Kier alpha value is -3.90. The highest BCUT2D eigenvalue weighted by molar-refractivity contribution is 5.90. The van der Waals surface area contributed by atoms with E-state index in [1.807, 2.05) is 66.8 Å². The van der Waals surface area contributed by atoms with Crippen LogP contribution in [0, 0.1) is 34.5 Å². The number of rotatable bonds is 3. The van der Waals surface area contributed by atoms with E-state index in [0.29, 0.717) is 0 Å². The number of carbonyl (C=O) groups is 1. The smallest absolute Gasteiger partial charge is 0.331 e. The zero-order chi connectivity index (χ0) is 22.1. The zero-order valence-electron chi connectivity index (χ0n) is 17.8. The van der Waals surface area contributed by atoms with E-state index in [2.05, 4.69) is 42.5 Å². The first kappa shape index (κ1) is 20.0. The van der Waals surface area contributed by atoms with Crippen molar-refractivity contribution in [2.24, 2.45) is 23.2 Å². The topological polar surface area (TPSA) is 50.1 Å². The highest BCUT2D eigenvalue weighted by Gasteiger charge is 2.63. The first-order valence-electron chi connectivity index (χ1n) is 10.8. The highest BCUT2D eigenvalue weighted by atomic mass is 16.5. The third-order valence-electron chi connectivity index (χ3n) is 6.84. The van der Waals surface area contributed by atoms with E-state index in [-0.39, 0.29) is 17.8 Å². The highest BCUT2D eigenvalue weighted by Crippen LogP contribution is 2.62. The van der Waals surface area contributed by atoms with Crippen LogP contribution in [0.2, 0.25) is 0 Å². The zero-order valence-corrected chi connectivity index (χ0v) is 17.8. The first-order valence-corrected chi connectivity index (χ1v) is 10.8. The minimum absolute atomic E-state index is 0.0356. The number of carbonyl (C=O) groups excluding carboxylic acids is 1. The van der Waals surface area contributed by atoms with Crippen LogP contribution in [0.5, 0.6) is 0 Å². The molecule has 4 atom stereocenters. The summed E-state index contributed by atoms with van der Waals surface area (Å²) in [5, 5.41) is 10.4. The molecule has 0 aromatic heterocycles. The quantitative estimate of drug-likeness (QED) is 0.606. The molecule has 0 amide bonds. The first-order chi connectivity index (χ1) is 15.7. The molecule has 3 aliphatic carbocycles. The molecule has 3 heteroatoms. The second-order valence-electron chi connectivity index (χ2n) is 8.30. The van der Waals surface area contributed by atoms with Gasteiger partial charge in [-0.3, -0.25) is 0 Å². The lowest BCUT2D eigenvalue weighted by molar-refractivity contribution is -0.148. The Bertz CT molecular complexity index is 1200. The van der Waals surface area contributed by atoms with Crippen molar-refractivity contribution in [1.29, 1.82) is 5.26 Å². The maximum absolute atomic E-state index is 13.1. The molecule has 3 aliphatic rings. The molecule has 0 aliphatic heterocycles. The van der Waals surface area contributed by atoms with Crippen LogP contribution in [0.25, 0.3) is 5.57 Å². The molecule has 5 rings (SSSR count). The number of allylic oxidation sites excluding steroid dienone is 8. The van der Waals surface area contributed by atoms with E-state index < -0.39 is 11.4 Å². The van der Waals surface area contributed by atoms with E-state index in [4.69, 9.17) is 4.74 Å². The molecule has 0 bridgehead atoms. The number of hydrogen-bond donors (Lipinski definition) is 0. The Morgan fingerprint density at radius 1 is 0.938 bits per heavy atom. The molecule has 0 N–H and O–H groups in total. The summed E-state index contributed by atoms with van der Waals surface area (Å²) in [5.41, 5.74) is 4.00. The van der Waals surface area contributed by atoms with Crippen molar-refractivity contribution in [2.45, 2.75) is 0 Å². The molecule has 2 aromatic rings. The van der Waals surface area contributed by atoms with Gasteiger partial charge in [0.25, 0.3) is 0 Å². The number of nitrogens with zero attached hydrogens (tertiary/aromatic N) is 1. The molecular weight excluding hydrogens is 394 g/mol. The molecule has 156 valence electrons. The molecule has 1 fully saturated rings. The van der Waals surface area contributed by atoms with Crippen molar-refractivity contribution in [2.75, 3.05) is 7.11 Å². The van der Waals surface area contributed by atoms with Crippen molar-refractivity contribution < 1.29 is 9.53 Å². The lowest BCUT2D eigenvalue weighted by Gasteiger charge is -2.25. The fourth-order valence-electron chi connectivity index (χ4n) is 5.54. The van der Waals surface area contributed by atoms with E-state index in [0.717, 1.165) is 27.8 Å². The Balaban J connectivity index is 1.78. The Labute approximate surface area is 188 Å². The van der Waals surface area contributed by atoms with Gasteiger partial charge in [0.05, 0.1) is 13.2 Å². The van der Waals surface area contributed by atoms with E-state index >= 15 is 0 Å². The number of hydrogen-bond acceptors (Lipinski definition) is 3. The monoisotopic (exact) mass is 417 g/mol. The van der Waals surface area contributed by atoms with Crippen LogP contribution in [0.3, 0.4) is 0 Å². The van der Waals surface area contributed by atoms with Gasteiger partial charge in [0, 0.05) is 17.8 Å². The SMILES string of the molecule is COC(=O)[C@@]1(C#N)C2=CC=CC=C[C@H]2[C@H]2C(=C(c3ccccc3)c3ccccc3)C=C[C@H]21. The van der Waals surface area contributed by atoms with Crippen LogP contribution in [-0.2, 0) is 9.53 Å². The van der Waals surface area contributed by atoms with Gasteiger partial charge in [0.1, 0.15) is 0 Å². The Morgan fingerprint density at radius 3 is 2.19 bits per heavy atom. The second kappa shape index (κ2) is 7.98. The summed E-state index contributed by atoms with van der Waals surface area (Å²) in [4.78, 5) is 13.1. The molecule has 3 nitrogen and oxygen atoms in total. The van der Waals surface area contributed by atoms with E-state index in [1.54, 1.807) is 0 Å². The van der Waals surface area contributed by atoms with E-state index in [1.165, 1.54) is 7.11 Å². The molecule has 2 aromatic carbocycles. The molecule has 0 heterocycles. The number of ether oxygens (including phenoxy) is 1. The Kier molecular flexibility index (Phi) is 4.99. The lowest BCUT2D eigenvalue weighted by atomic mass is 9.75. The molecule has 0 spiro atoms. The van der Waals surface area contributed by atoms with Crippen LogP contribution < -0.4 is 0 Å². The summed E-state index contributed by atoms with van der Waals surface area (Å²) in [6, 6.07) is 23.0. The number of nitriles is 1. The largest absolute Gasteiger partial charge is 0.468 e. The molecule has 0 saturated heterocycles. The van der Waals surface area contributed by atoms with Crippen LogP contribution in [0.15, 0.2) is 114 Å². The van der Waals surface area contributed by atoms with Crippen molar-refractivity contribution in [3.8, 4) is 6.07 Å². The van der Waals surface area contributed by atoms with Gasteiger partial charge in [-0.1, -0.05) is 103 Å². The molecular formula is C29H23NO2. The average molecular weight is 418 g/mol. The standard InChI is InChI=1S/C29H23NO2/c1-32-28(31)29(19-30)24-16-10-4-9-15-22(24)27-23(17-18-25(27)29)26(20-11-5-2-6-12-20)21-13-7-3-8-14-21/h2-18,22,25,27H,1H3/t22-,25-,27+,29+/m1/s1. The fraction of sp³-hybridized carbons (Fsp3) is 0.172. The molecule has 1 saturated carbocycles. The van der Waals surface area contributed by atoms with Gasteiger partial charge >= 0.3 is 5.97 Å². The Morgan fingerprint density at radius 2 is 1.59 bits per heavy atom. The summed E-state index contributed by atoms with van der Waals surface area (Å²) < 4.78 is 5.19. The number of methoxy groups -OCH3 is 1. The van der Waals surface area contributed by atoms with Crippen molar-refractivity contribution in [1.82, 2.24) is 0 Å². The second-order valence-corrected chi connectivity index (χ2v) is 8.30. The minimum Gasteiger partial charge on any atom is -0.468 e. The third-order valence-corrected chi connectivity index (χ3v) is 6.84. The molecule has 0 unspecified atom stereocenters. The third kappa shape index (κ3) is 2.84. The maximum atomic E-state index is 13.1. The van der Waals surface area contributed by atoms with Gasteiger partial charge in [0.15, 0.2) is 5.41 Å². The van der Waals surface area contributed by atoms with Crippen LogP contribution >= 0.6 is 0 Å². The summed E-state index contributed by atoms with van der Waals surface area (Å²) in [5.74, 6) is -0.878. The van der Waals surface area contributed by atoms with Gasteiger partial charge in [-0.2, -0.15) is 5.26 Å². The number of benzene rings is 2. The van der Waals surface area contributed by atoms with E-state index in [9.17, 15) is 10.1 Å². The fourth-order valence-corrected chi connectivity index (χ4v) is 5.54. The number of esters is 1. The molecule has 0 radical (unpaired) electrons.